The Labute approximate surface area is 125 Å². The summed E-state index contributed by atoms with van der Waals surface area (Å²) in [4.78, 5) is 14.2. The molecule has 1 N–H and O–H groups in total. The van der Waals surface area contributed by atoms with E-state index >= 15 is 0 Å². The Hall–Kier alpha value is -1.95. The van der Waals surface area contributed by atoms with Gasteiger partial charge in [0.05, 0.1) is 11.3 Å². The fourth-order valence-corrected chi connectivity index (χ4v) is 2.95. The maximum atomic E-state index is 12.4. The highest BCUT2D eigenvalue weighted by Crippen LogP contribution is 2.30. The molecule has 1 heterocycles. The predicted molar refractivity (Wildman–Crippen MR) is 79.6 cm³/mol. The maximum Gasteiger partial charge on any atom is 0.387 e. The molecular weight excluding hydrogens is 296 g/mol. The van der Waals surface area contributed by atoms with Crippen LogP contribution in [0, 0.1) is 20.8 Å². The summed E-state index contributed by atoms with van der Waals surface area (Å²) in [5.74, 6) is -0.367. The van der Waals surface area contributed by atoms with E-state index in [0.29, 0.717) is 11.1 Å². The Morgan fingerprint density at radius 1 is 1.29 bits per heavy atom. The number of benzene rings is 1. The molecule has 2 aromatic rings. The molecule has 0 aliphatic rings. The van der Waals surface area contributed by atoms with Gasteiger partial charge in [-0.2, -0.15) is 8.78 Å². The summed E-state index contributed by atoms with van der Waals surface area (Å²) < 4.78 is 29.3. The Morgan fingerprint density at radius 2 is 2.00 bits per heavy atom. The number of hydrogen-bond acceptors (Lipinski definition) is 3. The molecule has 0 radical (unpaired) electrons. The van der Waals surface area contributed by atoms with Crippen LogP contribution in [0.1, 0.15) is 25.7 Å². The minimum Gasteiger partial charge on any atom is -0.433 e. The van der Waals surface area contributed by atoms with Gasteiger partial charge in [0.25, 0.3) is 5.91 Å². The van der Waals surface area contributed by atoms with Crippen molar-refractivity contribution in [1.82, 2.24) is 0 Å². The highest BCUT2D eigenvalue weighted by molar-refractivity contribution is 7.12. The lowest BCUT2D eigenvalue weighted by molar-refractivity contribution is -0.0493. The summed E-state index contributed by atoms with van der Waals surface area (Å²) in [6, 6.07) is 6.50. The van der Waals surface area contributed by atoms with Crippen LogP contribution in [-0.4, -0.2) is 12.5 Å². The Bertz CT molecular complexity index is 668. The number of carbonyl (C=O) groups excluding carboxylic acids is 1. The first-order valence-electron chi connectivity index (χ1n) is 6.31. The van der Waals surface area contributed by atoms with Crippen LogP contribution in [0.4, 0.5) is 14.5 Å². The number of carbonyl (C=O) groups is 1. The van der Waals surface area contributed by atoms with Crippen LogP contribution in [0.2, 0.25) is 0 Å². The van der Waals surface area contributed by atoms with Crippen LogP contribution >= 0.6 is 11.3 Å². The average molecular weight is 311 g/mol. The van der Waals surface area contributed by atoms with E-state index < -0.39 is 6.61 Å². The summed E-state index contributed by atoms with van der Waals surface area (Å²) in [6.07, 6.45) is 0. The van der Waals surface area contributed by atoms with Gasteiger partial charge in [-0.1, -0.05) is 12.1 Å². The zero-order valence-electron chi connectivity index (χ0n) is 11.9. The van der Waals surface area contributed by atoms with Gasteiger partial charge in [-0.25, -0.2) is 0 Å². The van der Waals surface area contributed by atoms with E-state index in [1.807, 2.05) is 13.8 Å². The van der Waals surface area contributed by atoms with E-state index in [1.165, 1.54) is 17.4 Å². The Morgan fingerprint density at radius 3 is 2.57 bits per heavy atom. The minimum absolute atomic E-state index is 0.0389. The normalized spacial score (nSPS) is 10.8. The molecule has 0 aliphatic carbocycles. The highest BCUT2D eigenvalue weighted by atomic mass is 32.1. The summed E-state index contributed by atoms with van der Waals surface area (Å²) in [5, 5.41) is 2.66. The second-order valence-corrected chi connectivity index (χ2v) is 6.07. The van der Waals surface area contributed by atoms with Crippen molar-refractivity contribution >= 4 is 22.9 Å². The zero-order chi connectivity index (χ0) is 15.6. The summed E-state index contributed by atoms with van der Waals surface area (Å²) in [6.45, 7) is 2.54. The summed E-state index contributed by atoms with van der Waals surface area (Å²) in [7, 11) is 0. The molecule has 0 atom stereocenters. The van der Waals surface area contributed by atoms with E-state index in [-0.39, 0.29) is 17.3 Å². The topological polar surface area (TPSA) is 38.3 Å². The quantitative estimate of drug-likeness (QED) is 0.901. The Kier molecular flexibility index (Phi) is 4.57. The van der Waals surface area contributed by atoms with Crippen LogP contribution in [-0.2, 0) is 0 Å². The molecule has 6 heteroatoms. The van der Waals surface area contributed by atoms with Crippen LogP contribution in [0.5, 0.6) is 5.75 Å². The highest BCUT2D eigenvalue weighted by Gasteiger charge is 2.17. The third-order valence-electron chi connectivity index (χ3n) is 2.97. The van der Waals surface area contributed by atoms with Crippen molar-refractivity contribution in [3.8, 4) is 5.75 Å². The molecule has 0 bridgehead atoms. The van der Waals surface area contributed by atoms with Gasteiger partial charge in [0.15, 0.2) is 0 Å². The molecule has 0 saturated carbocycles. The molecule has 0 spiro atoms. The molecular formula is C15H15F2NO2S. The van der Waals surface area contributed by atoms with Crippen LogP contribution in [0.15, 0.2) is 24.3 Å². The van der Waals surface area contributed by atoms with Gasteiger partial charge in [0, 0.05) is 9.75 Å². The molecule has 0 fully saturated rings. The average Bonchev–Trinajstić information content (AvgIpc) is 2.72. The molecule has 21 heavy (non-hydrogen) atoms. The van der Waals surface area contributed by atoms with Gasteiger partial charge in [0.1, 0.15) is 5.75 Å². The molecule has 0 saturated heterocycles. The number of nitrogens with one attached hydrogen (secondary N) is 1. The van der Waals surface area contributed by atoms with Crippen molar-refractivity contribution < 1.29 is 18.3 Å². The molecule has 1 amide bonds. The standard InChI is InChI=1S/C15H15F2NO2S/c1-8-5-4-6-12(20-15(16)17)13(8)18-14(19)11-7-9(2)21-10(11)3/h4-7,15H,1-3H3,(H,18,19). The van der Waals surface area contributed by atoms with Crippen molar-refractivity contribution in [2.24, 2.45) is 0 Å². The summed E-state index contributed by atoms with van der Waals surface area (Å²) >= 11 is 1.52. The van der Waals surface area contributed by atoms with Gasteiger partial charge in [-0.15, -0.1) is 11.3 Å². The fourth-order valence-electron chi connectivity index (χ4n) is 2.03. The van der Waals surface area contributed by atoms with E-state index in [2.05, 4.69) is 10.1 Å². The number of anilines is 1. The van der Waals surface area contributed by atoms with Crippen molar-refractivity contribution in [3.05, 3.63) is 45.1 Å². The van der Waals surface area contributed by atoms with E-state index in [1.54, 1.807) is 25.1 Å². The lowest BCUT2D eigenvalue weighted by Gasteiger charge is -2.14. The SMILES string of the molecule is Cc1cc(C(=O)Nc2c(C)cccc2OC(F)F)c(C)s1. The van der Waals surface area contributed by atoms with Gasteiger partial charge >= 0.3 is 6.61 Å². The number of hydrogen-bond donors (Lipinski definition) is 1. The van der Waals surface area contributed by atoms with Gasteiger partial charge in [0.2, 0.25) is 0 Å². The number of aryl methyl sites for hydroxylation is 3. The molecule has 2 rings (SSSR count). The molecule has 0 aliphatic heterocycles. The van der Waals surface area contributed by atoms with E-state index in [9.17, 15) is 13.6 Å². The van der Waals surface area contributed by atoms with Crippen LogP contribution < -0.4 is 10.1 Å². The maximum absolute atomic E-state index is 12.4. The van der Waals surface area contributed by atoms with Crippen molar-refractivity contribution in [2.45, 2.75) is 27.4 Å². The number of alkyl halides is 2. The lowest BCUT2D eigenvalue weighted by atomic mass is 10.1. The second-order valence-electron chi connectivity index (χ2n) is 4.61. The number of thiophene rings is 1. The largest absolute Gasteiger partial charge is 0.433 e. The third-order valence-corrected chi connectivity index (χ3v) is 3.94. The number of para-hydroxylation sites is 1. The molecule has 3 nitrogen and oxygen atoms in total. The molecule has 0 unspecified atom stereocenters. The van der Waals surface area contributed by atoms with Crippen molar-refractivity contribution in [1.29, 1.82) is 0 Å². The van der Waals surface area contributed by atoms with Gasteiger partial charge in [-0.05, 0) is 38.5 Å². The zero-order valence-corrected chi connectivity index (χ0v) is 12.7. The van der Waals surface area contributed by atoms with Crippen molar-refractivity contribution in [2.75, 3.05) is 5.32 Å². The predicted octanol–water partition coefficient (Wildman–Crippen LogP) is 4.53. The Balaban J connectivity index is 2.30. The lowest BCUT2D eigenvalue weighted by Crippen LogP contribution is -2.15. The first-order chi connectivity index (χ1) is 9.88. The number of rotatable bonds is 4. The first kappa shape index (κ1) is 15.4. The van der Waals surface area contributed by atoms with Crippen LogP contribution in [0.25, 0.3) is 0 Å². The van der Waals surface area contributed by atoms with Gasteiger partial charge in [-0.3, -0.25) is 4.79 Å². The van der Waals surface area contributed by atoms with Crippen LogP contribution in [0.3, 0.4) is 0 Å². The number of amides is 1. The minimum atomic E-state index is -2.94. The molecule has 1 aromatic carbocycles. The monoisotopic (exact) mass is 311 g/mol. The second kappa shape index (κ2) is 6.22. The smallest absolute Gasteiger partial charge is 0.387 e. The van der Waals surface area contributed by atoms with Crippen molar-refractivity contribution in [3.63, 3.8) is 0 Å². The van der Waals surface area contributed by atoms with Gasteiger partial charge < -0.3 is 10.1 Å². The number of ether oxygens (including phenoxy) is 1. The number of halogens is 2. The fraction of sp³-hybridized carbons (Fsp3) is 0.267. The van der Waals surface area contributed by atoms with E-state index in [0.717, 1.165) is 9.75 Å². The first-order valence-corrected chi connectivity index (χ1v) is 7.13. The molecule has 112 valence electrons. The third kappa shape index (κ3) is 3.58. The summed E-state index contributed by atoms with van der Waals surface area (Å²) in [5.41, 5.74) is 1.47. The van der Waals surface area contributed by atoms with E-state index in [4.69, 9.17) is 0 Å². The molecule has 1 aromatic heterocycles.